The van der Waals surface area contributed by atoms with Gasteiger partial charge in [0.1, 0.15) is 5.75 Å². The Morgan fingerprint density at radius 2 is 2.25 bits per heavy atom. The number of thioether (sulfide) groups is 1. The number of aromatic nitrogens is 1. The summed E-state index contributed by atoms with van der Waals surface area (Å²) < 4.78 is 5.41. The van der Waals surface area contributed by atoms with Gasteiger partial charge in [0.25, 0.3) is 0 Å². The van der Waals surface area contributed by atoms with E-state index < -0.39 is 0 Å². The van der Waals surface area contributed by atoms with Crippen molar-refractivity contribution in [2.24, 2.45) is 0 Å². The van der Waals surface area contributed by atoms with Crippen LogP contribution in [0.2, 0.25) is 0 Å². The van der Waals surface area contributed by atoms with E-state index in [1.54, 1.807) is 18.9 Å². The first-order valence-electron chi connectivity index (χ1n) is 8.08. The van der Waals surface area contributed by atoms with Crippen molar-refractivity contribution >= 4 is 34.1 Å². The van der Waals surface area contributed by atoms with E-state index in [9.17, 15) is 4.79 Å². The van der Waals surface area contributed by atoms with Gasteiger partial charge in [0.2, 0.25) is 5.91 Å². The maximum atomic E-state index is 12.2. The molecule has 130 valence electrons. The molecular weight excluding hydrogens is 340 g/mol. The first kappa shape index (κ1) is 18.8. The van der Waals surface area contributed by atoms with Crippen LogP contribution in [0.15, 0.2) is 23.6 Å². The van der Waals surface area contributed by atoms with E-state index in [1.165, 1.54) is 11.3 Å². The molecule has 0 aliphatic heterocycles. The van der Waals surface area contributed by atoms with Gasteiger partial charge in [0, 0.05) is 10.9 Å². The Morgan fingerprint density at radius 3 is 2.96 bits per heavy atom. The summed E-state index contributed by atoms with van der Waals surface area (Å²) in [7, 11) is 1.65. The van der Waals surface area contributed by atoms with Gasteiger partial charge < -0.3 is 10.1 Å². The smallest absolute Gasteiger partial charge is 0.238 e. The number of carbonyl (C=O) groups excluding carboxylic acids is 1. The molecule has 1 unspecified atom stereocenters. The van der Waals surface area contributed by atoms with Crippen LogP contribution >= 0.6 is 23.1 Å². The Balaban J connectivity index is 2.06. The number of methoxy groups -OCH3 is 1. The zero-order chi connectivity index (χ0) is 17.5. The number of rotatable bonds is 8. The lowest BCUT2D eigenvalue weighted by Crippen LogP contribution is -2.22. The lowest BCUT2D eigenvalue weighted by molar-refractivity contribution is -0.115. The number of benzene rings is 1. The molecule has 4 nitrogen and oxygen atoms in total. The molecule has 0 saturated carbocycles. The minimum atomic E-state index is -0.0718. The van der Waals surface area contributed by atoms with Crippen LogP contribution in [0, 0.1) is 6.92 Å². The van der Waals surface area contributed by atoms with E-state index in [0.29, 0.717) is 5.13 Å². The maximum absolute atomic E-state index is 12.2. The Kier molecular flexibility index (Phi) is 7.12. The summed E-state index contributed by atoms with van der Waals surface area (Å²) >= 11 is 3.12. The fourth-order valence-corrected chi connectivity index (χ4v) is 3.90. The van der Waals surface area contributed by atoms with Crippen LogP contribution in [0.4, 0.5) is 5.13 Å². The Morgan fingerprint density at radius 1 is 1.46 bits per heavy atom. The molecule has 2 rings (SSSR count). The quantitative estimate of drug-likeness (QED) is 0.671. The van der Waals surface area contributed by atoms with Crippen LogP contribution in [-0.4, -0.2) is 29.0 Å². The van der Waals surface area contributed by atoms with Crippen LogP contribution in [0.3, 0.4) is 0 Å². The molecule has 0 spiro atoms. The van der Waals surface area contributed by atoms with Crippen molar-refractivity contribution in [2.75, 3.05) is 18.2 Å². The lowest BCUT2D eigenvalue weighted by Gasteiger charge is -2.10. The first-order valence-corrected chi connectivity index (χ1v) is 10.0. The van der Waals surface area contributed by atoms with Gasteiger partial charge in [-0.25, -0.2) is 4.98 Å². The summed E-state index contributed by atoms with van der Waals surface area (Å²) in [5, 5.41) is 5.42. The molecule has 0 fully saturated rings. The van der Waals surface area contributed by atoms with Crippen molar-refractivity contribution in [3.05, 3.63) is 29.1 Å². The molecule has 1 heterocycles. The number of carbonyl (C=O) groups is 1. The fraction of sp³-hybridized carbons (Fsp3) is 0.444. The monoisotopic (exact) mass is 364 g/mol. The van der Waals surface area contributed by atoms with Crippen LogP contribution in [0.5, 0.6) is 5.75 Å². The summed E-state index contributed by atoms with van der Waals surface area (Å²) in [5.41, 5.74) is 2.91. The van der Waals surface area contributed by atoms with E-state index in [1.807, 2.05) is 37.4 Å². The molecule has 0 aliphatic carbocycles. The van der Waals surface area contributed by atoms with Crippen molar-refractivity contribution in [2.45, 2.75) is 38.9 Å². The molecule has 0 saturated heterocycles. The number of anilines is 1. The Labute approximate surface area is 152 Å². The standard InChI is InChI=1S/C18H24N2O2S2/c1-5-6-9-23-13(3)17(21)20-18-19-15(11-24-18)14-10-12(2)7-8-16(14)22-4/h7-8,10-11,13H,5-6,9H2,1-4H3,(H,19,20,21). The predicted octanol–water partition coefficient (Wildman–Crippen LogP) is 4.99. The number of unbranched alkanes of at least 4 members (excludes halogenated alkanes) is 1. The van der Waals surface area contributed by atoms with Gasteiger partial charge in [-0.05, 0) is 38.2 Å². The van der Waals surface area contributed by atoms with Crippen molar-refractivity contribution in [1.82, 2.24) is 4.98 Å². The molecule has 0 radical (unpaired) electrons. The van der Waals surface area contributed by atoms with Gasteiger partial charge >= 0.3 is 0 Å². The fourth-order valence-electron chi connectivity index (χ4n) is 2.16. The van der Waals surface area contributed by atoms with Gasteiger partial charge in [0.05, 0.1) is 18.1 Å². The Hall–Kier alpha value is -1.53. The average molecular weight is 365 g/mol. The second-order valence-electron chi connectivity index (χ2n) is 5.60. The second kappa shape index (κ2) is 9.08. The molecule has 1 aromatic carbocycles. The average Bonchev–Trinajstić information content (AvgIpc) is 3.03. The third-order valence-electron chi connectivity index (χ3n) is 3.60. The number of thiazole rings is 1. The number of aryl methyl sites for hydroxylation is 1. The largest absolute Gasteiger partial charge is 0.496 e. The summed E-state index contributed by atoms with van der Waals surface area (Å²) in [5.74, 6) is 1.80. The molecular formula is C18H24N2O2S2. The second-order valence-corrected chi connectivity index (χ2v) is 7.90. The highest BCUT2D eigenvalue weighted by molar-refractivity contribution is 8.00. The minimum absolute atomic E-state index is 0.00760. The lowest BCUT2D eigenvalue weighted by atomic mass is 10.1. The molecule has 24 heavy (non-hydrogen) atoms. The summed E-state index contributed by atoms with van der Waals surface area (Å²) in [6.07, 6.45) is 2.28. The zero-order valence-corrected chi connectivity index (χ0v) is 16.2. The number of ether oxygens (including phenoxy) is 1. The summed E-state index contributed by atoms with van der Waals surface area (Å²) in [4.78, 5) is 16.8. The van der Waals surface area contributed by atoms with E-state index in [2.05, 4.69) is 17.2 Å². The third kappa shape index (κ3) is 4.98. The van der Waals surface area contributed by atoms with Crippen LogP contribution in [0.1, 0.15) is 32.3 Å². The number of nitrogens with zero attached hydrogens (tertiary/aromatic N) is 1. The highest BCUT2D eigenvalue weighted by atomic mass is 32.2. The topological polar surface area (TPSA) is 51.2 Å². The van der Waals surface area contributed by atoms with Crippen molar-refractivity contribution in [3.63, 3.8) is 0 Å². The summed E-state index contributed by atoms with van der Waals surface area (Å²) in [6.45, 7) is 6.13. The maximum Gasteiger partial charge on any atom is 0.238 e. The molecule has 1 aromatic heterocycles. The third-order valence-corrected chi connectivity index (χ3v) is 5.60. The van der Waals surface area contributed by atoms with E-state index >= 15 is 0 Å². The van der Waals surface area contributed by atoms with E-state index in [-0.39, 0.29) is 11.2 Å². The molecule has 1 atom stereocenters. The zero-order valence-electron chi connectivity index (χ0n) is 14.6. The van der Waals surface area contributed by atoms with Gasteiger partial charge in [-0.3, -0.25) is 4.79 Å². The number of amides is 1. The van der Waals surface area contributed by atoms with Crippen LogP contribution in [-0.2, 0) is 4.79 Å². The van der Waals surface area contributed by atoms with Crippen molar-refractivity contribution < 1.29 is 9.53 Å². The van der Waals surface area contributed by atoms with E-state index in [0.717, 1.165) is 41.2 Å². The van der Waals surface area contributed by atoms with Crippen molar-refractivity contribution in [1.29, 1.82) is 0 Å². The van der Waals surface area contributed by atoms with Gasteiger partial charge in [0.15, 0.2) is 5.13 Å². The van der Waals surface area contributed by atoms with Gasteiger partial charge in [-0.1, -0.05) is 25.0 Å². The molecule has 0 aliphatic rings. The van der Waals surface area contributed by atoms with Gasteiger partial charge in [-0.2, -0.15) is 0 Å². The molecule has 1 N–H and O–H groups in total. The minimum Gasteiger partial charge on any atom is -0.496 e. The first-order chi connectivity index (χ1) is 11.5. The highest BCUT2D eigenvalue weighted by Crippen LogP contribution is 2.33. The number of hydrogen-bond acceptors (Lipinski definition) is 5. The van der Waals surface area contributed by atoms with Crippen LogP contribution in [0.25, 0.3) is 11.3 Å². The molecule has 6 heteroatoms. The van der Waals surface area contributed by atoms with Crippen molar-refractivity contribution in [3.8, 4) is 17.0 Å². The Bertz CT molecular complexity index is 685. The van der Waals surface area contributed by atoms with E-state index in [4.69, 9.17) is 4.74 Å². The van der Waals surface area contributed by atoms with Crippen LogP contribution < -0.4 is 10.1 Å². The predicted molar refractivity (Wildman–Crippen MR) is 104 cm³/mol. The SMILES string of the molecule is CCCCSC(C)C(=O)Nc1nc(-c2cc(C)ccc2OC)cs1. The normalized spacial score (nSPS) is 12.0. The molecule has 0 bridgehead atoms. The summed E-state index contributed by atoms with van der Waals surface area (Å²) in [6, 6.07) is 5.99. The number of nitrogens with one attached hydrogen (secondary N) is 1. The molecule has 1 amide bonds. The number of hydrogen-bond donors (Lipinski definition) is 1. The van der Waals surface area contributed by atoms with Gasteiger partial charge in [-0.15, -0.1) is 23.1 Å². The highest BCUT2D eigenvalue weighted by Gasteiger charge is 2.16. The molecule has 2 aromatic rings.